The molecule has 4 aromatic carbocycles. The summed E-state index contributed by atoms with van der Waals surface area (Å²) in [5.74, 6) is -1.03. The summed E-state index contributed by atoms with van der Waals surface area (Å²) in [5.41, 5.74) is 1.27. The van der Waals surface area contributed by atoms with Crippen LogP contribution in [-0.2, 0) is 32.6 Å². The normalized spacial score (nSPS) is 12.4. The molecule has 50 heavy (non-hydrogen) atoms. The van der Waals surface area contributed by atoms with Gasteiger partial charge in [-0.25, -0.2) is 8.42 Å². The second-order valence-electron chi connectivity index (χ2n) is 11.7. The maximum absolute atomic E-state index is 14.7. The smallest absolute Gasteiger partial charge is 0.273 e. The predicted molar refractivity (Wildman–Crippen MR) is 197 cm³/mol. The molecule has 0 aliphatic carbocycles. The fraction of sp³-hybridized carbons (Fsp3) is 0.278. The van der Waals surface area contributed by atoms with Crippen LogP contribution in [0.2, 0.25) is 5.02 Å². The topological polar surface area (TPSA) is 139 Å². The van der Waals surface area contributed by atoms with Gasteiger partial charge in [-0.05, 0) is 67.8 Å². The first-order valence-electron chi connectivity index (χ1n) is 15.7. The molecule has 14 heteroatoms. The lowest BCUT2D eigenvalue weighted by atomic mass is 10.0. The van der Waals surface area contributed by atoms with Gasteiger partial charge in [0.25, 0.3) is 15.7 Å². The Balaban J connectivity index is 1.89. The zero-order valence-corrected chi connectivity index (χ0v) is 31.2. The average Bonchev–Trinajstić information content (AvgIpc) is 3.09. The molecule has 0 aliphatic rings. The minimum Gasteiger partial charge on any atom is -0.495 e. The van der Waals surface area contributed by atoms with Gasteiger partial charge in [0.15, 0.2) is 0 Å². The molecule has 1 N–H and O–H groups in total. The second-order valence-corrected chi connectivity index (χ2v) is 14.9. The number of methoxy groups -OCH3 is 1. The number of nitrogens with zero attached hydrogens (tertiary/aromatic N) is 3. The number of aryl methyl sites for hydroxylation is 1. The van der Waals surface area contributed by atoms with E-state index < -0.39 is 49.9 Å². The number of rotatable bonds is 15. The Morgan fingerprint density at radius 2 is 1.68 bits per heavy atom. The van der Waals surface area contributed by atoms with Crippen molar-refractivity contribution < 1.29 is 27.7 Å². The highest BCUT2D eigenvalue weighted by atomic mass is 79.9. The number of carbonyl (C=O) groups excluding carboxylic acids is 2. The van der Waals surface area contributed by atoms with Gasteiger partial charge in [0, 0.05) is 40.1 Å². The van der Waals surface area contributed by atoms with Crippen LogP contribution in [0.25, 0.3) is 0 Å². The van der Waals surface area contributed by atoms with Gasteiger partial charge >= 0.3 is 0 Å². The standard InChI is InChI=1S/C36H38BrClN4O7S/c1-5-25(3)39-36(44)33(19-26-9-7-6-8-10-26)40(22-27-12-14-28(37)15-13-27)35(43)23-41(32-20-29(38)16-18-34(32)49-4)50(47,48)30-17-11-24(2)31(21-30)42(45)46/h6-18,20-21,25,33H,5,19,22-23H2,1-4H3,(H,39,44)/t25-,33+/m1/s1. The minimum atomic E-state index is -4.68. The number of anilines is 1. The number of nitro groups is 1. The van der Waals surface area contributed by atoms with E-state index in [1.807, 2.05) is 44.2 Å². The van der Waals surface area contributed by atoms with Gasteiger partial charge < -0.3 is 15.0 Å². The number of halogens is 2. The molecule has 11 nitrogen and oxygen atoms in total. The second kappa shape index (κ2) is 17.0. The molecule has 4 rings (SSSR count). The fourth-order valence-electron chi connectivity index (χ4n) is 5.23. The number of carbonyl (C=O) groups is 2. The van der Waals surface area contributed by atoms with E-state index in [-0.39, 0.29) is 41.0 Å². The molecule has 264 valence electrons. The highest BCUT2D eigenvalue weighted by Gasteiger charge is 2.36. The van der Waals surface area contributed by atoms with E-state index in [1.165, 1.54) is 49.3 Å². The molecular formula is C36H38BrClN4O7S. The van der Waals surface area contributed by atoms with Crippen LogP contribution in [0.3, 0.4) is 0 Å². The van der Waals surface area contributed by atoms with E-state index in [1.54, 1.807) is 24.3 Å². The number of benzene rings is 4. The van der Waals surface area contributed by atoms with Crippen molar-refractivity contribution in [1.82, 2.24) is 10.2 Å². The van der Waals surface area contributed by atoms with Gasteiger partial charge in [-0.3, -0.25) is 24.0 Å². The van der Waals surface area contributed by atoms with Gasteiger partial charge in [0.1, 0.15) is 18.3 Å². The third-order valence-corrected chi connectivity index (χ3v) is 10.7. The number of hydrogen-bond acceptors (Lipinski definition) is 7. The lowest BCUT2D eigenvalue weighted by Crippen LogP contribution is -2.54. The molecule has 0 heterocycles. The molecule has 0 fully saturated rings. The zero-order valence-electron chi connectivity index (χ0n) is 28.0. The van der Waals surface area contributed by atoms with Crippen molar-refractivity contribution in [3.8, 4) is 5.75 Å². The van der Waals surface area contributed by atoms with Crippen LogP contribution >= 0.6 is 27.5 Å². The van der Waals surface area contributed by atoms with Crippen molar-refractivity contribution in [2.45, 2.75) is 57.1 Å². The summed E-state index contributed by atoms with van der Waals surface area (Å²) in [4.78, 5) is 40.8. The molecule has 0 radical (unpaired) electrons. The Morgan fingerprint density at radius 3 is 2.30 bits per heavy atom. The Bertz CT molecular complexity index is 1950. The number of nitro benzene ring substituents is 1. The Kier molecular flexibility index (Phi) is 13.0. The predicted octanol–water partition coefficient (Wildman–Crippen LogP) is 7.08. The van der Waals surface area contributed by atoms with Crippen LogP contribution in [0.15, 0.2) is 100 Å². The lowest BCUT2D eigenvalue weighted by molar-refractivity contribution is -0.385. The van der Waals surface area contributed by atoms with E-state index in [2.05, 4.69) is 21.2 Å². The monoisotopic (exact) mass is 784 g/mol. The molecule has 2 amide bonds. The van der Waals surface area contributed by atoms with Gasteiger partial charge in [0.05, 0.1) is 22.6 Å². The van der Waals surface area contributed by atoms with E-state index in [4.69, 9.17) is 16.3 Å². The number of sulfonamides is 1. The van der Waals surface area contributed by atoms with E-state index >= 15 is 0 Å². The highest BCUT2D eigenvalue weighted by molar-refractivity contribution is 9.10. The van der Waals surface area contributed by atoms with Gasteiger partial charge in [-0.15, -0.1) is 0 Å². The molecule has 4 aromatic rings. The zero-order chi connectivity index (χ0) is 36.6. The Labute approximate surface area is 305 Å². The van der Waals surface area contributed by atoms with E-state index in [9.17, 15) is 28.1 Å². The average molecular weight is 786 g/mol. The molecule has 0 bridgehead atoms. The van der Waals surface area contributed by atoms with Crippen molar-refractivity contribution in [2.75, 3.05) is 18.0 Å². The molecule has 2 atom stereocenters. The first-order chi connectivity index (χ1) is 23.7. The van der Waals surface area contributed by atoms with Crippen molar-refractivity contribution in [1.29, 1.82) is 0 Å². The quantitative estimate of drug-likeness (QED) is 0.100. The summed E-state index contributed by atoms with van der Waals surface area (Å²) in [7, 11) is -3.34. The van der Waals surface area contributed by atoms with Crippen LogP contribution in [0.4, 0.5) is 11.4 Å². The third kappa shape index (κ3) is 9.40. The fourth-order valence-corrected chi connectivity index (χ4v) is 7.09. The molecular weight excluding hydrogens is 748 g/mol. The van der Waals surface area contributed by atoms with E-state index in [0.29, 0.717) is 12.0 Å². The third-order valence-electron chi connectivity index (χ3n) is 8.19. The SMILES string of the molecule is CC[C@@H](C)NC(=O)[C@H](Cc1ccccc1)N(Cc1ccc(Br)cc1)C(=O)CN(c1cc(Cl)ccc1OC)S(=O)(=O)c1ccc(C)c([N+](=O)[O-])c1. The summed E-state index contributed by atoms with van der Waals surface area (Å²) >= 11 is 9.78. The van der Waals surface area contributed by atoms with Crippen LogP contribution in [0, 0.1) is 17.0 Å². The first-order valence-corrected chi connectivity index (χ1v) is 18.4. The molecule has 0 aromatic heterocycles. The van der Waals surface area contributed by atoms with Crippen molar-refractivity contribution in [2.24, 2.45) is 0 Å². The van der Waals surface area contributed by atoms with Crippen molar-refractivity contribution in [3.05, 3.63) is 127 Å². The maximum atomic E-state index is 14.7. The van der Waals surface area contributed by atoms with Crippen molar-refractivity contribution >= 4 is 60.7 Å². The molecule has 0 saturated carbocycles. The highest BCUT2D eigenvalue weighted by Crippen LogP contribution is 2.36. The van der Waals surface area contributed by atoms with Crippen LogP contribution < -0.4 is 14.4 Å². The molecule has 0 unspecified atom stereocenters. The first kappa shape index (κ1) is 38.3. The number of ether oxygens (including phenoxy) is 1. The maximum Gasteiger partial charge on any atom is 0.273 e. The Hall–Kier alpha value is -4.46. The van der Waals surface area contributed by atoms with Crippen LogP contribution in [0.5, 0.6) is 5.75 Å². The van der Waals surface area contributed by atoms with E-state index in [0.717, 1.165) is 20.4 Å². The number of hydrogen-bond donors (Lipinski definition) is 1. The largest absolute Gasteiger partial charge is 0.495 e. The summed E-state index contributed by atoms with van der Waals surface area (Å²) in [6.45, 7) is 4.46. The van der Waals surface area contributed by atoms with Gasteiger partial charge in [0.2, 0.25) is 11.8 Å². The lowest BCUT2D eigenvalue weighted by Gasteiger charge is -2.34. The number of amides is 2. The summed E-state index contributed by atoms with van der Waals surface area (Å²) in [5, 5.41) is 14.9. The van der Waals surface area contributed by atoms with Crippen LogP contribution in [-0.4, -0.2) is 55.8 Å². The van der Waals surface area contributed by atoms with Crippen molar-refractivity contribution in [3.63, 3.8) is 0 Å². The molecule has 0 spiro atoms. The summed E-state index contributed by atoms with van der Waals surface area (Å²) in [6, 6.07) is 23.0. The van der Waals surface area contributed by atoms with Crippen LogP contribution in [0.1, 0.15) is 37.0 Å². The number of nitrogens with one attached hydrogen (secondary N) is 1. The molecule has 0 saturated heterocycles. The summed E-state index contributed by atoms with van der Waals surface area (Å²) < 4.78 is 36.1. The van der Waals surface area contributed by atoms with Gasteiger partial charge in [-0.2, -0.15) is 0 Å². The minimum absolute atomic E-state index is 0.0336. The van der Waals surface area contributed by atoms with Gasteiger partial charge in [-0.1, -0.05) is 83.0 Å². The summed E-state index contributed by atoms with van der Waals surface area (Å²) in [6.07, 6.45) is 0.788. The Morgan fingerprint density at radius 1 is 1.00 bits per heavy atom. The molecule has 0 aliphatic heterocycles.